The van der Waals surface area contributed by atoms with Crippen molar-refractivity contribution >= 4 is 47.8 Å². The fraction of sp³-hybridized carbons (Fsp3) is 1.00. The van der Waals surface area contributed by atoms with Crippen molar-refractivity contribution in [1.29, 1.82) is 0 Å². The molecule has 1 radical (unpaired) electrons. The zero-order chi connectivity index (χ0) is 5.91. The second-order valence-corrected chi connectivity index (χ2v) is 8.32. The molecule has 0 aromatic heterocycles. The van der Waals surface area contributed by atoms with E-state index in [1.165, 1.54) is 0 Å². The molecule has 1 nitrogen and oxygen atoms in total. The largest absolute Gasteiger partial charge is 0.237 e. The minimum absolute atomic E-state index is 0.0816. The lowest BCUT2D eigenvalue weighted by molar-refractivity contribution is 0.192. The van der Waals surface area contributed by atoms with Gasteiger partial charge in [-0.25, -0.2) is 5.11 Å². The van der Waals surface area contributed by atoms with E-state index in [0.717, 1.165) is 0 Å². The molecule has 0 heterocycles. The summed E-state index contributed by atoms with van der Waals surface area (Å²) in [4.78, 5) is 0. The minimum atomic E-state index is -0.325. The summed E-state index contributed by atoms with van der Waals surface area (Å²) in [7, 11) is 0. The van der Waals surface area contributed by atoms with E-state index in [4.69, 9.17) is 0 Å². The van der Waals surface area contributed by atoms with E-state index in [1.807, 2.05) is 0 Å². The SMILES string of the molecule is [O]CCC(Br)(Br)Br. The molecule has 0 rings (SSSR count). The van der Waals surface area contributed by atoms with Gasteiger partial charge >= 0.3 is 0 Å². The predicted octanol–water partition coefficient (Wildman–Crippen LogP) is 2.65. The van der Waals surface area contributed by atoms with Crippen molar-refractivity contribution in [3.8, 4) is 0 Å². The van der Waals surface area contributed by atoms with E-state index < -0.39 is 0 Å². The van der Waals surface area contributed by atoms with Gasteiger partial charge in [0.05, 0.1) is 6.61 Å². The first kappa shape index (κ1) is 8.40. The molecular weight excluding hydrogens is 292 g/mol. The van der Waals surface area contributed by atoms with Crippen LogP contribution in [0.15, 0.2) is 0 Å². The summed E-state index contributed by atoms with van der Waals surface area (Å²) >= 11 is 9.52. The van der Waals surface area contributed by atoms with E-state index in [1.54, 1.807) is 0 Å². The summed E-state index contributed by atoms with van der Waals surface area (Å²) in [5, 5.41) is 9.86. The molecular formula is C3H4Br3O. The van der Waals surface area contributed by atoms with Crippen molar-refractivity contribution in [2.45, 2.75) is 8.56 Å². The molecule has 0 amide bonds. The maximum absolute atomic E-state index is 9.86. The predicted molar refractivity (Wildman–Crippen MR) is 39.7 cm³/mol. The second kappa shape index (κ2) is 3.43. The first-order valence-electron chi connectivity index (χ1n) is 1.71. The molecule has 0 spiro atoms. The maximum Gasteiger partial charge on any atom is 0.137 e. The van der Waals surface area contributed by atoms with Gasteiger partial charge in [-0.05, 0) is 0 Å². The van der Waals surface area contributed by atoms with Gasteiger partial charge in [-0.1, -0.05) is 47.8 Å². The van der Waals surface area contributed by atoms with Gasteiger partial charge in [0.1, 0.15) is 2.14 Å². The van der Waals surface area contributed by atoms with Crippen LogP contribution in [0.4, 0.5) is 0 Å². The highest BCUT2D eigenvalue weighted by Gasteiger charge is 2.15. The van der Waals surface area contributed by atoms with Gasteiger partial charge in [-0.2, -0.15) is 0 Å². The van der Waals surface area contributed by atoms with E-state index >= 15 is 0 Å². The van der Waals surface area contributed by atoms with E-state index in [2.05, 4.69) is 47.8 Å². The summed E-state index contributed by atoms with van der Waals surface area (Å²) in [6.45, 7) is -0.0816. The van der Waals surface area contributed by atoms with Crippen LogP contribution in [-0.2, 0) is 5.11 Å². The molecule has 0 bridgehead atoms. The summed E-state index contributed by atoms with van der Waals surface area (Å²) in [5.41, 5.74) is 0. The Morgan fingerprint density at radius 3 is 1.71 bits per heavy atom. The van der Waals surface area contributed by atoms with Crippen LogP contribution in [0.25, 0.3) is 0 Å². The summed E-state index contributed by atoms with van der Waals surface area (Å²) in [6, 6.07) is 0. The third-order valence-electron chi connectivity index (χ3n) is 0.386. The van der Waals surface area contributed by atoms with Crippen LogP contribution < -0.4 is 0 Å². The zero-order valence-corrected chi connectivity index (χ0v) is 8.21. The lowest BCUT2D eigenvalue weighted by atomic mass is 10.5. The van der Waals surface area contributed by atoms with Gasteiger partial charge < -0.3 is 0 Å². The van der Waals surface area contributed by atoms with Crippen LogP contribution >= 0.6 is 47.8 Å². The van der Waals surface area contributed by atoms with Gasteiger partial charge in [0.25, 0.3) is 0 Å². The van der Waals surface area contributed by atoms with Crippen molar-refractivity contribution in [3.63, 3.8) is 0 Å². The van der Waals surface area contributed by atoms with Crippen LogP contribution in [0.1, 0.15) is 6.42 Å². The Labute approximate surface area is 67.9 Å². The van der Waals surface area contributed by atoms with Gasteiger partial charge in [0, 0.05) is 6.42 Å². The smallest absolute Gasteiger partial charge is 0.137 e. The summed E-state index contributed by atoms with van der Waals surface area (Å²) < 4.78 is -0.325. The Bertz CT molecular complexity index is 48.6. The Balaban J connectivity index is 3.15. The van der Waals surface area contributed by atoms with Gasteiger partial charge in [0.15, 0.2) is 0 Å². The molecule has 0 saturated carbocycles. The summed E-state index contributed by atoms with van der Waals surface area (Å²) in [5.74, 6) is 0. The van der Waals surface area contributed by atoms with Crippen molar-refractivity contribution in [3.05, 3.63) is 0 Å². The van der Waals surface area contributed by atoms with E-state index in [0.29, 0.717) is 6.42 Å². The highest BCUT2D eigenvalue weighted by atomic mass is 80.0. The molecule has 43 valence electrons. The molecule has 4 heteroatoms. The minimum Gasteiger partial charge on any atom is -0.237 e. The molecule has 0 aliphatic rings. The van der Waals surface area contributed by atoms with Gasteiger partial charge in [0.2, 0.25) is 0 Å². The number of hydrogen-bond acceptors (Lipinski definition) is 0. The second-order valence-electron chi connectivity index (χ2n) is 1.07. The van der Waals surface area contributed by atoms with E-state index in [-0.39, 0.29) is 8.75 Å². The van der Waals surface area contributed by atoms with Gasteiger partial charge in [-0.3, -0.25) is 0 Å². The van der Waals surface area contributed by atoms with Crippen LogP contribution in [-0.4, -0.2) is 8.75 Å². The molecule has 0 atom stereocenters. The highest BCUT2D eigenvalue weighted by molar-refractivity contribution is 9.39. The average molecular weight is 296 g/mol. The quantitative estimate of drug-likeness (QED) is 0.663. The van der Waals surface area contributed by atoms with Gasteiger partial charge in [-0.15, -0.1) is 0 Å². The lowest BCUT2D eigenvalue weighted by Crippen LogP contribution is -2.00. The van der Waals surface area contributed by atoms with Crippen LogP contribution in [0.3, 0.4) is 0 Å². The lowest BCUT2D eigenvalue weighted by Gasteiger charge is -2.06. The average Bonchev–Trinajstić information content (AvgIpc) is 1.30. The molecule has 0 aliphatic carbocycles. The Hall–Kier alpha value is 1.40. The number of rotatable bonds is 1. The molecule has 7 heavy (non-hydrogen) atoms. The van der Waals surface area contributed by atoms with Crippen molar-refractivity contribution in [1.82, 2.24) is 0 Å². The molecule has 0 aromatic rings. The van der Waals surface area contributed by atoms with Crippen LogP contribution in [0.2, 0.25) is 0 Å². The topological polar surface area (TPSA) is 19.9 Å². The summed E-state index contributed by atoms with van der Waals surface area (Å²) in [6.07, 6.45) is 0.535. The molecule has 0 saturated heterocycles. The first-order valence-corrected chi connectivity index (χ1v) is 4.09. The highest BCUT2D eigenvalue weighted by Crippen LogP contribution is 2.36. The Kier molecular flexibility index (Phi) is 4.12. The van der Waals surface area contributed by atoms with Crippen molar-refractivity contribution in [2.24, 2.45) is 0 Å². The third kappa shape index (κ3) is 7.40. The number of halogens is 3. The Morgan fingerprint density at radius 2 is 1.71 bits per heavy atom. The fourth-order valence-corrected chi connectivity index (χ4v) is 0.601. The van der Waals surface area contributed by atoms with Crippen LogP contribution in [0.5, 0.6) is 0 Å². The van der Waals surface area contributed by atoms with Crippen LogP contribution in [0, 0.1) is 0 Å². The molecule has 0 aliphatic heterocycles. The number of hydrogen-bond donors (Lipinski definition) is 0. The molecule has 0 fully saturated rings. The maximum atomic E-state index is 9.86. The Morgan fingerprint density at radius 1 is 1.29 bits per heavy atom. The standard InChI is InChI=1S/C3H4Br3O/c4-3(5,6)1-2-7/h1-2H2. The molecule has 0 N–H and O–H groups in total. The van der Waals surface area contributed by atoms with Crippen molar-refractivity contribution < 1.29 is 5.11 Å². The zero-order valence-electron chi connectivity index (χ0n) is 3.46. The monoisotopic (exact) mass is 293 g/mol. The fourth-order valence-electron chi connectivity index (χ4n) is 0.116. The molecule has 0 unspecified atom stereocenters. The van der Waals surface area contributed by atoms with Crippen molar-refractivity contribution in [2.75, 3.05) is 6.61 Å². The third-order valence-corrected chi connectivity index (χ3v) is 1.58. The molecule has 0 aromatic carbocycles. The van der Waals surface area contributed by atoms with E-state index in [9.17, 15) is 5.11 Å². The number of alkyl halides is 3. The first-order chi connectivity index (χ1) is 3.06. The normalized spacial score (nSPS) is 12.0.